The molecule has 1 aliphatic rings. The van der Waals surface area contributed by atoms with Crippen LogP contribution < -0.4 is 0 Å². The van der Waals surface area contributed by atoms with Crippen LogP contribution in [0.4, 0.5) is 0 Å². The predicted octanol–water partition coefficient (Wildman–Crippen LogP) is 0.695. The molecule has 0 saturated carbocycles. The maximum absolute atomic E-state index is 11.3. The lowest BCUT2D eigenvalue weighted by molar-refractivity contribution is -0.130. The molecule has 1 heterocycles. The van der Waals surface area contributed by atoms with Crippen LogP contribution in [0.2, 0.25) is 0 Å². The lowest BCUT2D eigenvalue weighted by Crippen LogP contribution is -2.47. The standard InChI is InChI=1S/C16H20N2O2/c1-14(20)18-10-8-17(9-11-18)13-16-6-4-15(5-7-16)3-2-12-19/h4-7,19H,8-13H2,1H3. The number of carbonyl (C=O) groups is 1. The van der Waals surface area contributed by atoms with Crippen molar-refractivity contribution in [3.8, 4) is 11.8 Å². The van der Waals surface area contributed by atoms with Crippen molar-refractivity contribution in [1.82, 2.24) is 9.80 Å². The highest BCUT2D eigenvalue weighted by Gasteiger charge is 2.18. The summed E-state index contributed by atoms with van der Waals surface area (Å²) in [5.41, 5.74) is 2.17. The van der Waals surface area contributed by atoms with Crippen LogP contribution in [0.1, 0.15) is 18.1 Å². The first-order valence-corrected chi connectivity index (χ1v) is 6.85. The van der Waals surface area contributed by atoms with Crippen LogP contribution in [0.25, 0.3) is 0 Å². The average Bonchev–Trinajstić information content (AvgIpc) is 2.47. The summed E-state index contributed by atoms with van der Waals surface area (Å²) >= 11 is 0. The van der Waals surface area contributed by atoms with Crippen LogP contribution in [0.5, 0.6) is 0 Å². The highest BCUT2D eigenvalue weighted by molar-refractivity contribution is 5.73. The molecule has 0 aromatic heterocycles. The number of hydrogen-bond acceptors (Lipinski definition) is 3. The molecule has 4 heteroatoms. The summed E-state index contributed by atoms with van der Waals surface area (Å²) in [5, 5.41) is 8.65. The molecule has 1 fully saturated rings. The molecule has 20 heavy (non-hydrogen) atoms. The molecule has 4 nitrogen and oxygen atoms in total. The van der Waals surface area contributed by atoms with E-state index in [-0.39, 0.29) is 12.5 Å². The zero-order valence-corrected chi connectivity index (χ0v) is 11.8. The summed E-state index contributed by atoms with van der Waals surface area (Å²) in [6, 6.07) is 8.09. The Kier molecular flexibility index (Phi) is 5.16. The summed E-state index contributed by atoms with van der Waals surface area (Å²) < 4.78 is 0. The van der Waals surface area contributed by atoms with Crippen LogP contribution in [-0.4, -0.2) is 53.6 Å². The lowest BCUT2D eigenvalue weighted by Gasteiger charge is -2.34. The molecule has 0 radical (unpaired) electrons. The summed E-state index contributed by atoms with van der Waals surface area (Å²) in [5.74, 6) is 5.69. The van der Waals surface area contributed by atoms with E-state index in [4.69, 9.17) is 5.11 Å². The normalized spacial score (nSPS) is 15.6. The average molecular weight is 272 g/mol. The molecule has 0 spiro atoms. The van der Waals surface area contributed by atoms with E-state index < -0.39 is 0 Å². The predicted molar refractivity (Wildman–Crippen MR) is 77.9 cm³/mol. The van der Waals surface area contributed by atoms with Crippen molar-refractivity contribution in [2.24, 2.45) is 0 Å². The maximum Gasteiger partial charge on any atom is 0.219 e. The van der Waals surface area contributed by atoms with Gasteiger partial charge in [0, 0.05) is 45.2 Å². The molecule has 0 unspecified atom stereocenters. The van der Waals surface area contributed by atoms with Gasteiger partial charge in [-0.25, -0.2) is 0 Å². The Bertz CT molecular complexity index is 506. The molecular weight excluding hydrogens is 252 g/mol. The van der Waals surface area contributed by atoms with Crippen LogP contribution in [-0.2, 0) is 11.3 Å². The largest absolute Gasteiger partial charge is 0.384 e. The number of piperazine rings is 1. The van der Waals surface area contributed by atoms with Gasteiger partial charge < -0.3 is 10.0 Å². The maximum atomic E-state index is 11.3. The van der Waals surface area contributed by atoms with E-state index >= 15 is 0 Å². The Labute approximate surface area is 120 Å². The Morgan fingerprint density at radius 3 is 2.40 bits per heavy atom. The number of amides is 1. The molecule has 2 rings (SSSR count). The Balaban J connectivity index is 1.87. The van der Waals surface area contributed by atoms with E-state index in [9.17, 15) is 4.79 Å². The van der Waals surface area contributed by atoms with E-state index in [1.165, 1.54) is 5.56 Å². The summed E-state index contributed by atoms with van der Waals surface area (Å²) in [7, 11) is 0. The summed E-state index contributed by atoms with van der Waals surface area (Å²) in [6.07, 6.45) is 0. The van der Waals surface area contributed by atoms with Crippen LogP contribution in [0.15, 0.2) is 24.3 Å². The van der Waals surface area contributed by atoms with Crippen LogP contribution >= 0.6 is 0 Å². The van der Waals surface area contributed by atoms with E-state index in [0.717, 1.165) is 38.3 Å². The van der Waals surface area contributed by atoms with Gasteiger partial charge in [-0.1, -0.05) is 24.0 Å². The molecule has 1 saturated heterocycles. The highest BCUT2D eigenvalue weighted by Crippen LogP contribution is 2.10. The number of carbonyl (C=O) groups excluding carboxylic acids is 1. The van der Waals surface area contributed by atoms with Crippen molar-refractivity contribution in [1.29, 1.82) is 0 Å². The molecule has 106 valence electrons. The van der Waals surface area contributed by atoms with Gasteiger partial charge in [0.15, 0.2) is 0 Å². The zero-order valence-electron chi connectivity index (χ0n) is 11.8. The Morgan fingerprint density at radius 2 is 1.85 bits per heavy atom. The fourth-order valence-electron chi connectivity index (χ4n) is 2.31. The van der Waals surface area contributed by atoms with E-state index in [1.54, 1.807) is 6.92 Å². The lowest BCUT2D eigenvalue weighted by atomic mass is 10.1. The third-order valence-electron chi connectivity index (χ3n) is 3.49. The van der Waals surface area contributed by atoms with Crippen molar-refractivity contribution in [3.63, 3.8) is 0 Å². The van der Waals surface area contributed by atoms with Crippen LogP contribution in [0.3, 0.4) is 0 Å². The number of nitrogens with zero attached hydrogens (tertiary/aromatic N) is 2. The second-order valence-electron chi connectivity index (χ2n) is 4.94. The SMILES string of the molecule is CC(=O)N1CCN(Cc2ccc(C#CCO)cc2)CC1. The topological polar surface area (TPSA) is 43.8 Å². The Morgan fingerprint density at radius 1 is 1.20 bits per heavy atom. The van der Waals surface area contributed by atoms with Gasteiger partial charge in [-0.2, -0.15) is 0 Å². The number of benzene rings is 1. The number of rotatable bonds is 2. The fraction of sp³-hybridized carbons (Fsp3) is 0.438. The van der Waals surface area contributed by atoms with Gasteiger partial charge in [-0.15, -0.1) is 0 Å². The van der Waals surface area contributed by atoms with Gasteiger partial charge in [0.2, 0.25) is 5.91 Å². The first-order chi connectivity index (χ1) is 9.69. The molecule has 0 aliphatic carbocycles. The van der Waals surface area contributed by atoms with Crippen LogP contribution in [0, 0.1) is 11.8 Å². The molecule has 1 amide bonds. The first kappa shape index (κ1) is 14.6. The number of aliphatic hydroxyl groups excluding tert-OH is 1. The monoisotopic (exact) mass is 272 g/mol. The minimum Gasteiger partial charge on any atom is -0.384 e. The third-order valence-corrected chi connectivity index (χ3v) is 3.49. The molecule has 1 aromatic carbocycles. The van der Waals surface area contributed by atoms with Crippen molar-refractivity contribution in [2.75, 3.05) is 32.8 Å². The molecular formula is C16H20N2O2. The van der Waals surface area contributed by atoms with Gasteiger partial charge in [0.05, 0.1) is 0 Å². The third kappa shape index (κ3) is 4.09. The summed E-state index contributed by atoms with van der Waals surface area (Å²) in [4.78, 5) is 15.5. The molecule has 1 N–H and O–H groups in total. The molecule has 0 atom stereocenters. The van der Waals surface area contributed by atoms with Crippen molar-refractivity contribution in [2.45, 2.75) is 13.5 Å². The van der Waals surface area contributed by atoms with E-state index in [0.29, 0.717) is 0 Å². The van der Waals surface area contributed by atoms with Gasteiger partial charge in [-0.05, 0) is 17.7 Å². The van der Waals surface area contributed by atoms with Crippen molar-refractivity contribution < 1.29 is 9.90 Å². The van der Waals surface area contributed by atoms with Crippen molar-refractivity contribution in [3.05, 3.63) is 35.4 Å². The fourth-order valence-corrected chi connectivity index (χ4v) is 2.31. The first-order valence-electron chi connectivity index (χ1n) is 6.85. The number of aliphatic hydroxyl groups is 1. The highest BCUT2D eigenvalue weighted by atomic mass is 16.2. The minimum atomic E-state index is -0.109. The molecule has 0 bridgehead atoms. The Hall–Kier alpha value is -1.83. The zero-order chi connectivity index (χ0) is 14.4. The number of hydrogen-bond donors (Lipinski definition) is 1. The van der Waals surface area contributed by atoms with Crippen molar-refractivity contribution >= 4 is 5.91 Å². The van der Waals surface area contributed by atoms with Gasteiger partial charge >= 0.3 is 0 Å². The quantitative estimate of drug-likeness (QED) is 0.806. The second-order valence-corrected chi connectivity index (χ2v) is 4.94. The smallest absolute Gasteiger partial charge is 0.219 e. The minimum absolute atomic E-state index is 0.109. The van der Waals surface area contributed by atoms with E-state index in [2.05, 4.69) is 28.9 Å². The van der Waals surface area contributed by atoms with Gasteiger partial charge in [0.25, 0.3) is 0 Å². The summed E-state index contributed by atoms with van der Waals surface area (Å²) in [6.45, 7) is 5.89. The second kappa shape index (κ2) is 7.09. The van der Waals surface area contributed by atoms with Gasteiger partial charge in [-0.3, -0.25) is 9.69 Å². The van der Waals surface area contributed by atoms with E-state index in [1.807, 2.05) is 17.0 Å². The molecule has 1 aromatic rings. The van der Waals surface area contributed by atoms with Gasteiger partial charge in [0.1, 0.15) is 6.61 Å². The molecule has 1 aliphatic heterocycles.